The average molecular weight is 579 g/mol. The first-order valence-corrected chi connectivity index (χ1v) is 13.2. The van der Waals surface area contributed by atoms with Gasteiger partial charge < -0.3 is 24.3 Å². The number of carbonyl (C=O) groups excluding carboxylic acids is 1. The number of fused-ring (bicyclic) bond motifs is 3. The smallest absolute Gasteiger partial charge is 0.249 e. The minimum Gasteiger partial charge on any atom is -0.497 e. The van der Waals surface area contributed by atoms with Crippen LogP contribution in [0.25, 0.3) is 10.9 Å². The lowest BCUT2D eigenvalue weighted by atomic mass is 9.88. The molecule has 0 saturated carbocycles. The number of hydrogen-bond donors (Lipinski definition) is 1. The predicted octanol–water partition coefficient (Wildman–Crippen LogP) is 6.19. The Morgan fingerprint density at radius 2 is 1.78 bits per heavy atom. The Morgan fingerprint density at radius 3 is 2.43 bits per heavy atom. The third-order valence-corrected chi connectivity index (χ3v) is 7.90. The van der Waals surface area contributed by atoms with E-state index in [0.717, 1.165) is 54.9 Å². The Bertz CT molecular complexity index is 1480. The molecule has 5 rings (SSSR count). The Hall–Kier alpha value is -3.36. The van der Waals surface area contributed by atoms with Gasteiger partial charge >= 0.3 is 0 Å². The van der Waals surface area contributed by atoms with Crippen molar-refractivity contribution in [3.8, 4) is 11.5 Å². The van der Waals surface area contributed by atoms with Crippen molar-refractivity contribution in [2.24, 2.45) is 0 Å². The summed E-state index contributed by atoms with van der Waals surface area (Å²) >= 11 is 9.17. The number of ether oxygens (including phenoxy) is 2. The zero-order valence-electron chi connectivity index (χ0n) is 21.1. The van der Waals surface area contributed by atoms with Gasteiger partial charge in [0.2, 0.25) is 5.91 Å². The summed E-state index contributed by atoms with van der Waals surface area (Å²) in [5.74, 6) is 1.51. The fraction of sp³-hybridized carbons (Fsp3) is 0.241. The fourth-order valence-electron chi connectivity index (χ4n) is 5.27. The first kappa shape index (κ1) is 25.3. The number of aryl methyl sites for hydroxylation is 1. The van der Waals surface area contributed by atoms with E-state index in [9.17, 15) is 4.79 Å². The van der Waals surface area contributed by atoms with E-state index in [0.29, 0.717) is 6.42 Å². The first-order chi connectivity index (χ1) is 17.9. The number of rotatable bonds is 6. The van der Waals surface area contributed by atoms with Gasteiger partial charge in [0.25, 0.3) is 0 Å². The first-order valence-electron chi connectivity index (χ1n) is 11.9. The van der Waals surface area contributed by atoms with E-state index in [-0.39, 0.29) is 11.9 Å². The van der Waals surface area contributed by atoms with Crippen molar-refractivity contribution < 1.29 is 14.3 Å². The zero-order chi connectivity index (χ0) is 26.3. The molecule has 2 unspecified atom stereocenters. The number of likely N-dealkylation sites (N-methyl/N-ethyl adjacent to an activating group) is 1. The molecule has 0 fully saturated rings. The number of hydrogen-bond acceptors (Lipinski definition) is 4. The molecule has 6 nitrogen and oxygen atoms in total. The van der Waals surface area contributed by atoms with Gasteiger partial charge in [-0.15, -0.1) is 0 Å². The van der Waals surface area contributed by atoms with Crippen LogP contribution in [0.15, 0.2) is 65.1 Å². The summed E-state index contributed by atoms with van der Waals surface area (Å²) in [6, 6.07) is 19.1. The lowest BCUT2D eigenvalue weighted by Crippen LogP contribution is -2.52. The minimum atomic E-state index is -0.485. The summed E-state index contributed by atoms with van der Waals surface area (Å²) in [6.45, 7) is 1.98. The molecular formula is C29H28BrN3O3S. The fourth-order valence-corrected chi connectivity index (χ4v) is 5.90. The van der Waals surface area contributed by atoms with Crippen molar-refractivity contribution >= 4 is 56.1 Å². The number of amides is 1. The number of benzene rings is 3. The van der Waals surface area contributed by atoms with Gasteiger partial charge in [-0.25, -0.2) is 0 Å². The Kier molecular flexibility index (Phi) is 6.96. The van der Waals surface area contributed by atoms with E-state index in [1.54, 1.807) is 24.6 Å². The van der Waals surface area contributed by atoms with Gasteiger partial charge in [-0.05, 0) is 72.1 Å². The molecule has 0 spiro atoms. The monoisotopic (exact) mass is 577 g/mol. The van der Waals surface area contributed by atoms with Gasteiger partial charge in [0, 0.05) is 40.2 Å². The second-order valence-corrected chi connectivity index (χ2v) is 10.3. The third kappa shape index (κ3) is 4.49. The van der Waals surface area contributed by atoms with Gasteiger partial charge in [-0.2, -0.15) is 0 Å². The van der Waals surface area contributed by atoms with E-state index in [1.807, 2.05) is 67.4 Å². The van der Waals surface area contributed by atoms with Crippen molar-refractivity contribution in [3.05, 3.63) is 87.5 Å². The summed E-state index contributed by atoms with van der Waals surface area (Å²) in [7, 11) is 5.11. The van der Waals surface area contributed by atoms with E-state index in [2.05, 4.69) is 33.0 Å². The highest BCUT2D eigenvalue weighted by molar-refractivity contribution is 9.10. The lowest BCUT2D eigenvalue weighted by Gasteiger charge is -2.41. The highest BCUT2D eigenvalue weighted by Gasteiger charge is 2.41. The van der Waals surface area contributed by atoms with E-state index in [1.165, 1.54) is 0 Å². The minimum absolute atomic E-state index is 0.0251. The Morgan fingerprint density at radius 1 is 1.08 bits per heavy atom. The molecule has 2 atom stereocenters. The number of aromatic amines is 1. The molecule has 8 heteroatoms. The molecule has 1 aromatic heterocycles. The predicted molar refractivity (Wildman–Crippen MR) is 155 cm³/mol. The van der Waals surface area contributed by atoms with Crippen LogP contribution in [0.2, 0.25) is 0 Å². The molecule has 0 saturated heterocycles. The number of nitrogens with one attached hydrogen (secondary N) is 1. The molecule has 1 N–H and O–H groups in total. The van der Waals surface area contributed by atoms with Crippen LogP contribution in [0, 0.1) is 6.92 Å². The van der Waals surface area contributed by atoms with Crippen molar-refractivity contribution in [1.82, 2.24) is 9.88 Å². The number of aromatic nitrogens is 1. The molecule has 0 bridgehead atoms. The molecule has 190 valence electrons. The zero-order valence-corrected chi connectivity index (χ0v) is 23.5. The van der Waals surface area contributed by atoms with Crippen molar-refractivity contribution in [3.63, 3.8) is 0 Å². The Balaban J connectivity index is 1.63. The molecule has 1 amide bonds. The highest BCUT2D eigenvalue weighted by Crippen LogP contribution is 2.42. The number of H-pyrrole nitrogens is 1. The molecule has 1 aliphatic heterocycles. The van der Waals surface area contributed by atoms with Crippen LogP contribution in [0.5, 0.6) is 11.5 Å². The summed E-state index contributed by atoms with van der Waals surface area (Å²) in [6.07, 6.45) is 0.532. The van der Waals surface area contributed by atoms with Crippen molar-refractivity contribution in [2.75, 3.05) is 26.2 Å². The van der Waals surface area contributed by atoms with E-state index >= 15 is 0 Å². The standard InChI is InChI=1S/C29H28BrN3O3S/c1-17-13-21(36-4)10-12-25(17)32(2)29(34)26-15-23-22-14-19(30)7-11-24(22)31-27(23)28(33(26)16-37)18-5-8-20(35-3)9-6-18/h5-14,16,26,28,31H,15H2,1-4H3. The maximum atomic E-state index is 14.1. The molecule has 37 heavy (non-hydrogen) atoms. The summed E-state index contributed by atoms with van der Waals surface area (Å²) in [5, 5.41) is 1.10. The second-order valence-electron chi connectivity index (χ2n) is 9.21. The topological polar surface area (TPSA) is 57.8 Å². The lowest BCUT2D eigenvalue weighted by molar-refractivity contribution is -0.122. The number of methoxy groups -OCH3 is 2. The van der Waals surface area contributed by atoms with E-state index < -0.39 is 6.04 Å². The summed E-state index contributed by atoms with van der Waals surface area (Å²) in [4.78, 5) is 21.5. The SMILES string of the molecule is COc1ccc(C2c3[nH]c4ccc(Br)cc4c3CC(C(=O)N(C)c3ccc(OC)cc3C)N2C=S)cc1. The second kappa shape index (κ2) is 10.2. The number of nitrogens with zero attached hydrogens (tertiary/aromatic N) is 2. The third-order valence-electron chi connectivity index (χ3n) is 7.16. The normalized spacial score (nSPS) is 16.8. The van der Waals surface area contributed by atoms with Crippen LogP contribution in [-0.4, -0.2) is 48.6 Å². The van der Waals surface area contributed by atoms with Gasteiger partial charge in [0.1, 0.15) is 17.5 Å². The van der Waals surface area contributed by atoms with Crippen LogP contribution in [-0.2, 0) is 11.2 Å². The number of anilines is 1. The molecule has 2 heterocycles. The van der Waals surface area contributed by atoms with Crippen molar-refractivity contribution in [1.29, 1.82) is 0 Å². The number of thiocarbonyl (C=S) groups is 1. The van der Waals surface area contributed by atoms with Gasteiger partial charge in [-0.1, -0.05) is 40.3 Å². The largest absolute Gasteiger partial charge is 0.497 e. The van der Waals surface area contributed by atoms with Gasteiger partial charge in [0.15, 0.2) is 0 Å². The maximum Gasteiger partial charge on any atom is 0.249 e. The quantitative estimate of drug-likeness (QED) is 0.277. The summed E-state index contributed by atoms with van der Waals surface area (Å²) in [5.41, 5.74) is 7.65. The van der Waals surface area contributed by atoms with Crippen LogP contribution in [0.4, 0.5) is 5.69 Å². The molecule has 3 aromatic carbocycles. The van der Waals surface area contributed by atoms with E-state index in [4.69, 9.17) is 21.7 Å². The van der Waals surface area contributed by atoms with Crippen molar-refractivity contribution in [2.45, 2.75) is 25.4 Å². The van der Waals surface area contributed by atoms with Crippen LogP contribution >= 0.6 is 28.1 Å². The molecule has 0 radical (unpaired) electrons. The van der Waals surface area contributed by atoms with Crippen LogP contribution in [0.3, 0.4) is 0 Å². The van der Waals surface area contributed by atoms with Gasteiger partial charge in [0.05, 0.1) is 25.8 Å². The van der Waals surface area contributed by atoms with Crippen LogP contribution in [0.1, 0.15) is 28.4 Å². The number of halogens is 1. The average Bonchev–Trinajstić information content (AvgIpc) is 3.28. The maximum absolute atomic E-state index is 14.1. The molecular weight excluding hydrogens is 550 g/mol. The van der Waals surface area contributed by atoms with Crippen LogP contribution < -0.4 is 14.4 Å². The molecule has 0 aliphatic carbocycles. The molecule has 1 aliphatic rings. The van der Waals surface area contributed by atoms with Gasteiger partial charge in [-0.3, -0.25) is 4.79 Å². The molecule has 4 aromatic rings. The highest BCUT2D eigenvalue weighted by atomic mass is 79.9. The Labute approximate surface area is 230 Å². The summed E-state index contributed by atoms with van der Waals surface area (Å²) < 4.78 is 11.7. The number of carbonyl (C=O) groups is 1.